The first-order chi connectivity index (χ1) is 8.74. The lowest BCUT2D eigenvalue weighted by molar-refractivity contribution is -0.198. The second-order valence-electron chi connectivity index (χ2n) is 4.90. The van der Waals surface area contributed by atoms with E-state index in [-0.39, 0.29) is 31.2 Å². The fourth-order valence-electron chi connectivity index (χ4n) is 2.67. The van der Waals surface area contributed by atoms with E-state index >= 15 is 0 Å². The molecule has 0 saturated carbocycles. The summed E-state index contributed by atoms with van der Waals surface area (Å²) in [5.74, 6) is 0.219. The Bertz CT molecular complexity index is 494. The van der Waals surface area contributed by atoms with Gasteiger partial charge in [-0.15, -0.1) is 0 Å². The number of Topliss-reactive ketones (excluding diaryl/α,β-unsaturated/α-hetero) is 1. The Morgan fingerprint density at radius 2 is 1.89 bits per heavy atom. The average Bonchev–Trinajstić information content (AvgIpc) is 2.39. The largest absolute Gasteiger partial charge is 0.344 e. The van der Waals surface area contributed by atoms with Crippen molar-refractivity contribution in [1.82, 2.24) is 0 Å². The monoisotopic (exact) mass is 244 g/mol. The van der Waals surface area contributed by atoms with Gasteiger partial charge in [-0.25, -0.2) is 0 Å². The second-order valence-corrected chi connectivity index (χ2v) is 4.90. The Hall–Kier alpha value is -1.45. The van der Waals surface area contributed by atoms with Gasteiger partial charge in [-0.1, -0.05) is 30.3 Å². The van der Waals surface area contributed by atoms with E-state index in [0.29, 0.717) is 0 Å². The maximum absolute atomic E-state index is 11.1. The van der Waals surface area contributed by atoms with Crippen molar-refractivity contribution >= 4 is 11.4 Å². The van der Waals surface area contributed by atoms with E-state index in [0.717, 1.165) is 6.42 Å². The molecule has 1 atom stereocenters. The van der Waals surface area contributed by atoms with Crippen LogP contribution >= 0.6 is 0 Å². The molecule has 1 fully saturated rings. The molecule has 1 aromatic rings. The molecule has 0 radical (unpaired) electrons. The molecule has 1 heterocycles. The fourth-order valence-corrected chi connectivity index (χ4v) is 2.67. The normalized spacial score (nSPS) is 24.6. The summed E-state index contributed by atoms with van der Waals surface area (Å²) in [5, 5.41) is 0. The van der Waals surface area contributed by atoms with Crippen molar-refractivity contribution in [3.8, 4) is 0 Å². The molecule has 18 heavy (non-hydrogen) atoms. The Morgan fingerprint density at radius 3 is 2.67 bits per heavy atom. The zero-order valence-corrected chi connectivity index (χ0v) is 10.4. The van der Waals surface area contributed by atoms with Crippen LogP contribution in [0.5, 0.6) is 0 Å². The molecule has 2 aliphatic rings. The van der Waals surface area contributed by atoms with Crippen LogP contribution in [0.4, 0.5) is 0 Å². The number of ether oxygens (including phenoxy) is 2. The van der Waals surface area contributed by atoms with Crippen LogP contribution in [0.1, 0.15) is 18.1 Å². The summed E-state index contributed by atoms with van der Waals surface area (Å²) in [4.78, 5) is 11.1. The lowest BCUT2D eigenvalue weighted by Gasteiger charge is -2.31. The predicted octanol–water partition coefficient (Wildman–Crippen LogP) is 2.20. The molecule has 3 nitrogen and oxygen atoms in total. The van der Waals surface area contributed by atoms with Crippen molar-refractivity contribution in [2.24, 2.45) is 5.92 Å². The molecular formula is C15H16O3. The average molecular weight is 244 g/mol. The Kier molecular flexibility index (Phi) is 3.02. The number of ketones is 1. The number of carbonyl (C=O) groups is 1. The van der Waals surface area contributed by atoms with Crippen LogP contribution in [-0.4, -0.2) is 25.3 Å². The molecule has 1 aliphatic heterocycles. The molecule has 94 valence electrons. The third-order valence-corrected chi connectivity index (χ3v) is 3.53. The van der Waals surface area contributed by atoms with Crippen LogP contribution in [0.2, 0.25) is 0 Å². The number of benzene rings is 1. The van der Waals surface area contributed by atoms with Gasteiger partial charge in [0.15, 0.2) is 12.1 Å². The molecule has 0 bridgehead atoms. The minimum atomic E-state index is -0.286. The van der Waals surface area contributed by atoms with Gasteiger partial charge < -0.3 is 9.47 Å². The summed E-state index contributed by atoms with van der Waals surface area (Å²) in [6.07, 6.45) is 2.82. The van der Waals surface area contributed by atoms with Gasteiger partial charge >= 0.3 is 0 Å². The molecule has 3 rings (SSSR count). The van der Waals surface area contributed by atoms with E-state index in [1.165, 1.54) is 16.7 Å². The standard InChI is InChI=1S/C15H16O3/c1-10-6-12(15-17-8-13(16)9-18-15)7-11-4-2-3-5-14(10)11/h2-6,12,15H,7-9H2,1H3. The van der Waals surface area contributed by atoms with Gasteiger partial charge in [0.25, 0.3) is 0 Å². The number of hydrogen-bond acceptors (Lipinski definition) is 3. The summed E-state index contributed by atoms with van der Waals surface area (Å²) >= 11 is 0. The van der Waals surface area contributed by atoms with E-state index in [4.69, 9.17) is 9.47 Å². The summed E-state index contributed by atoms with van der Waals surface area (Å²) in [6, 6.07) is 8.40. The van der Waals surface area contributed by atoms with Crippen LogP contribution in [-0.2, 0) is 20.7 Å². The maximum atomic E-state index is 11.1. The molecule has 1 unspecified atom stereocenters. The van der Waals surface area contributed by atoms with Crippen molar-refractivity contribution < 1.29 is 14.3 Å². The molecule has 0 aromatic heterocycles. The minimum Gasteiger partial charge on any atom is -0.344 e. The SMILES string of the molecule is CC1=CC(C2OCC(=O)CO2)Cc2ccccc21. The molecule has 1 saturated heterocycles. The van der Waals surface area contributed by atoms with E-state index in [1.807, 2.05) is 0 Å². The quantitative estimate of drug-likeness (QED) is 0.759. The van der Waals surface area contributed by atoms with Crippen LogP contribution < -0.4 is 0 Å². The van der Waals surface area contributed by atoms with Gasteiger partial charge in [0.05, 0.1) is 0 Å². The predicted molar refractivity (Wildman–Crippen MR) is 68.0 cm³/mol. The maximum Gasteiger partial charge on any atom is 0.184 e. The van der Waals surface area contributed by atoms with Crippen molar-refractivity contribution in [3.63, 3.8) is 0 Å². The van der Waals surface area contributed by atoms with Gasteiger partial charge in [0.1, 0.15) is 13.2 Å². The van der Waals surface area contributed by atoms with Crippen molar-refractivity contribution in [2.75, 3.05) is 13.2 Å². The summed E-state index contributed by atoms with van der Waals surface area (Å²) in [7, 11) is 0. The molecule has 0 spiro atoms. The Morgan fingerprint density at radius 1 is 1.17 bits per heavy atom. The van der Waals surface area contributed by atoms with Gasteiger partial charge in [-0.05, 0) is 30.0 Å². The topological polar surface area (TPSA) is 35.5 Å². The summed E-state index contributed by atoms with van der Waals surface area (Å²) in [6.45, 7) is 2.46. The second kappa shape index (κ2) is 4.67. The number of hydrogen-bond donors (Lipinski definition) is 0. The first-order valence-electron chi connectivity index (χ1n) is 6.25. The highest BCUT2D eigenvalue weighted by molar-refractivity contribution is 5.81. The first kappa shape index (κ1) is 11.6. The third-order valence-electron chi connectivity index (χ3n) is 3.53. The van der Waals surface area contributed by atoms with Crippen LogP contribution in [0.25, 0.3) is 5.57 Å². The van der Waals surface area contributed by atoms with Crippen LogP contribution in [0, 0.1) is 5.92 Å². The Balaban J connectivity index is 1.81. The highest BCUT2D eigenvalue weighted by Gasteiger charge is 2.29. The zero-order valence-electron chi connectivity index (χ0n) is 10.4. The van der Waals surface area contributed by atoms with E-state index < -0.39 is 0 Å². The van der Waals surface area contributed by atoms with Crippen molar-refractivity contribution in [2.45, 2.75) is 19.6 Å². The molecule has 1 aromatic carbocycles. The van der Waals surface area contributed by atoms with Gasteiger partial charge in [-0.3, -0.25) is 4.79 Å². The lowest BCUT2D eigenvalue weighted by atomic mass is 9.85. The molecular weight excluding hydrogens is 228 g/mol. The molecule has 0 N–H and O–H groups in total. The third kappa shape index (κ3) is 2.11. The number of rotatable bonds is 1. The van der Waals surface area contributed by atoms with Gasteiger partial charge in [-0.2, -0.15) is 0 Å². The Labute approximate surface area is 106 Å². The molecule has 0 amide bonds. The number of fused-ring (bicyclic) bond motifs is 1. The van der Waals surface area contributed by atoms with Crippen molar-refractivity contribution in [1.29, 1.82) is 0 Å². The minimum absolute atomic E-state index is 0.0168. The van der Waals surface area contributed by atoms with E-state index in [9.17, 15) is 4.79 Å². The highest BCUT2D eigenvalue weighted by Crippen LogP contribution is 2.32. The van der Waals surface area contributed by atoms with Crippen LogP contribution in [0.15, 0.2) is 30.3 Å². The molecule has 1 aliphatic carbocycles. The van der Waals surface area contributed by atoms with Gasteiger partial charge in [0, 0.05) is 5.92 Å². The number of carbonyl (C=O) groups excluding carboxylic acids is 1. The molecule has 3 heteroatoms. The van der Waals surface area contributed by atoms with Crippen LogP contribution in [0.3, 0.4) is 0 Å². The highest BCUT2D eigenvalue weighted by atomic mass is 16.7. The summed E-state index contributed by atoms with van der Waals surface area (Å²) < 4.78 is 11.0. The lowest BCUT2D eigenvalue weighted by Crippen LogP contribution is -2.38. The van der Waals surface area contributed by atoms with E-state index in [1.54, 1.807) is 0 Å². The smallest absolute Gasteiger partial charge is 0.184 e. The summed E-state index contributed by atoms with van der Waals surface area (Å²) in [5.41, 5.74) is 3.89. The van der Waals surface area contributed by atoms with Crippen molar-refractivity contribution in [3.05, 3.63) is 41.5 Å². The zero-order chi connectivity index (χ0) is 12.5. The first-order valence-corrected chi connectivity index (χ1v) is 6.25. The van der Waals surface area contributed by atoms with Gasteiger partial charge in [0.2, 0.25) is 0 Å². The van der Waals surface area contributed by atoms with E-state index in [2.05, 4.69) is 37.3 Å². The number of allylic oxidation sites excluding steroid dienone is 1. The fraction of sp³-hybridized carbons (Fsp3) is 0.400.